The summed E-state index contributed by atoms with van der Waals surface area (Å²) in [5.74, 6) is -0.411. The molecular formula is C20H17FN2O2S. The smallest absolute Gasteiger partial charge is 0.261 e. The van der Waals surface area contributed by atoms with Crippen molar-refractivity contribution < 1.29 is 12.8 Å². The Balaban J connectivity index is 1.57. The van der Waals surface area contributed by atoms with Crippen molar-refractivity contribution in [1.82, 2.24) is 0 Å². The fourth-order valence-corrected chi connectivity index (χ4v) is 4.20. The van der Waals surface area contributed by atoms with E-state index in [1.807, 2.05) is 36.4 Å². The number of halogens is 1. The standard InChI is InChI=1S/C20H17FN2O2S/c21-17-7-9-18(10-8-17)22-26(24,25)20-11-6-15-13-23(14-16(15)12-20)19-4-2-1-3-5-19/h1-12,22H,13-14H2. The van der Waals surface area contributed by atoms with E-state index in [1.165, 1.54) is 24.3 Å². The van der Waals surface area contributed by atoms with Gasteiger partial charge in [-0.1, -0.05) is 24.3 Å². The molecule has 1 N–H and O–H groups in total. The first kappa shape index (κ1) is 16.6. The third kappa shape index (κ3) is 3.28. The lowest BCUT2D eigenvalue weighted by Gasteiger charge is -2.17. The highest BCUT2D eigenvalue weighted by Crippen LogP contribution is 2.30. The summed E-state index contributed by atoms with van der Waals surface area (Å²) in [5.41, 5.74) is 3.56. The summed E-state index contributed by atoms with van der Waals surface area (Å²) in [4.78, 5) is 2.41. The first-order chi connectivity index (χ1) is 12.5. The van der Waals surface area contributed by atoms with E-state index < -0.39 is 15.8 Å². The zero-order valence-corrected chi connectivity index (χ0v) is 14.7. The lowest BCUT2D eigenvalue weighted by molar-refractivity contribution is 0.601. The molecule has 1 aliphatic heterocycles. The van der Waals surface area contributed by atoms with Crippen LogP contribution in [-0.4, -0.2) is 8.42 Å². The fourth-order valence-electron chi connectivity index (χ4n) is 3.09. The molecule has 4 nitrogen and oxygen atoms in total. The summed E-state index contributed by atoms with van der Waals surface area (Å²) in [5, 5.41) is 0. The maximum atomic E-state index is 13.0. The first-order valence-corrected chi connectivity index (χ1v) is 9.70. The second-order valence-electron chi connectivity index (χ2n) is 6.23. The Morgan fingerprint density at radius 2 is 1.54 bits per heavy atom. The molecule has 0 aromatic heterocycles. The summed E-state index contributed by atoms with van der Waals surface area (Å²) in [6.07, 6.45) is 0. The molecule has 4 rings (SSSR count). The minimum absolute atomic E-state index is 0.204. The van der Waals surface area contributed by atoms with Gasteiger partial charge in [-0.25, -0.2) is 12.8 Å². The summed E-state index contributed by atoms with van der Waals surface area (Å²) in [6.45, 7) is 1.42. The van der Waals surface area contributed by atoms with E-state index in [1.54, 1.807) is 12.1 Å². The van der Waals surface area contributed by atoms with Gasteiger partial charge in [0.1, 0.15) is 5.82 Å². The van der Waals surface area contributed by atoms with Crippen LogP contribution >= 0.6 is 0 Å². The number of rotatable bonds is 4. The van der Waals surface area contributed by atoms with E-state index in [-0.39, 0.29) is 4.90 Å². The molecule has 0 atom stereocenters. The number of fused-ring (bicyclic) bond motifs is 1. The van der Waals surface area contributed by atoms with Crippen LogP contribution in [0.15, 0.2) is 77.7 Å². The topological polar surface area (TPSA) is 49.4 Å². The molecule has 0 saturated carbocycles. The summed E-state index contributed by atoms with van der Waals surface area (Å²) in [6, 6.07) is 20.4. The summed E-state index contributed by atoms with van der Waals surface area (Å²) in [7, 11) is -3.72. The molecule has 3 aromatic carbocycles. The Kier molecular flexibility index (Phi) is 4.12. The Labute approximate surface area is 152 Å². The third-order valence-electron chi connectivity index (χ3n) is 4.43. The highest BCUT2D eigenvalue weighted by Gasteiger charge is 2.22. The van der Waals surface area contributed by atoms with E-state index in [2.05, 4.69) is 9.62 Å². The van der Waals surface area contributed by atoms with Crippen molar-refractivity contribution in [2.45, 2.75) is 18.0 Å². The molecule has 0 amide bonds. The van der Waals surface area contributed by atoms with Crippen LogP contribution in [-0.2, 0) is 23.1 Å². The van der Waals surface area contributed by atoms with Crippen molar-refractivity contribution in [3.05, 3.63) is 89.7 Å². The van der Waals surface area contributed by atoms with Crippen LogP contribution in [0.25, 0.3) is 0 Å². The van der Waals surface area contributed by atoms with Crippen molar-refractivity contribution in [1.29, 1.82) is 0 Å². The normalized spacial score (nSPS) is 13.5. The van der Waals surface area contributed by atoms with E-state index in [4.69, 9.17) is 0 Å². The summed E-state index contributed by atoms with van der Waals surface area (Å²) >= 11 is 0. The van der Waals surface area contributed by atoms with Crippen molar-refractivity contribution in [3.8, 4) is 0 Å². The third-order valence-corrected chi connectivity index (χ3v) is 5.81. The molecule has 0 aliphatic carbocycles. The highest BCUT2D eigenvalue weighted by molar-refractivity contribution is 7.92. The number of nitrogens with zero attached hydrogens (tertiary/aromatic N) is 1. The van der Waals surface area contributed by atoms with Gasteiger partial charge in [0.05, 0.1) is 4.90 Å². The monoisotopic (exact) mass is 368 g/mol. The number of nitrogens with one attached hydrogen (secondary N) is 1. The van der Waals surface area contributed by atoms with Crippen LogP contribution < -0.4 is 9.62 Å². The molecule has 3 aromatic rings. The predicted molar refractivity (Wildman–Crippen MR) is 100.0 cm³/mol. The molecule has 1 aliphatic rings. The molecule has 1 heterocycles. The molecule has 132 valence electrons. The second-order valence-corrected chi connectivity index (χ2v) is 7.92. The minimum atomic E-state index is -3.72. The van der Waals surface area contributed by atoms with E-state index in [9.17, 15) is 12.8 Å². The van der Waals surface area contributed by atoms with E-state index >= 15 is 0 Å². The van der Waals surface area contributed by atoms with Gasteiger partial charge < -0.3 is 4.90 Å². The van der Waals surface area contributed by atoms with Gasteiger partial charge in [-0.05, 0) is 59.7 Å². The Morgan fingerprint density at radius 3 is 2.27 bits per heavy atom. The number of anilines is 2. The lowest BCUT2D eigenvalue weighted by atomic mass is 10.1. The van der Waals surface area contributed by atoms with Gasteiger partial charge in [0, 0.05) is 24.5 Å². The van der Waals surface area contributed by atoms with Crippen LogP contribution in [0.3, 0.4) is 0 Å². The van der Waals surface area contributed by atoms with E-state index in [0.29, 0.717) is 12.2 Å². The maximum Gasteiger partial charge on any atom is 0.261 e. The van der Waals surface area contributed by atoms with E-state index in [0.717, 1.165) is 23.4 Å². The molecular weight excluding hydrogens is 351 g/mol. The van der Waals surface area contributed by atoms with Crippen LogP contribution in [0.1, 0.15) is 11.1 Å². The number of sulfonamides is 1. The fraction of sp³-hybridized carbons (Fsp3) is 0.100. The molecule has 0 radical (unpaired) electrons. The van der Waals surface area contributed by atoms with Gasteiger partial charge in [0.25, 0.3) is 10.0 Å². The van der Waals surface area contributed by atoms with Crippen LogP contribution in [0.4, 0.5) is 15.8 Å². The average Bonchev–Trinajstić information content (AvgIpc) is 3.07. The predicted octanol–water partition coefficient (Wildman–Crippen LogP) is 4.15. The Bertz CT molecular complexity index is 1040. The number of benzene rings is 3. The van der Waals surface area contributed by atoms with Crippen molar-refractivity contribution in [2.24, 2.45) is 0 Å². The van der Waals surface area contributed by atoms with Crippen LogP contribution in [0.5, 0.6) is 0 Å². The van der Waals surface area contributed by atoms with Gasteiger partial charge in [0.15, 0.2) is 0 Å². The van der Waals surface area contributed by atoms with Crippen molar-refractivity contribution in [2.75, 3.05) is 9.62 Å². The van der Waals surface area contributed by atoms with Crippen LogP contribution in [0.2, 0.25) is 0 Å². The van der Waals surface area contributed by atoms with Gasteiger partial charge in [-0.2, -0.15) is 0 Å². The molecule has 6 heteroatoms. The molecule has 0 fully saturated rings. The van der Waals surface area contributed by atoms with Gasteiger partial charge in [-0.15, -0.1) is 0 Å². The summed E-state index contributed by atoms with van der Waals surface area (Å²) < 4.78 is 40.7. The van der Waals surface area contributed by atoms with Gasteiger partial charge in [-0.3, -0.25) is 4.72 Å². The molecule has 0 spiro atoms. The van der Waals surface area contributed by atoms with Crippen molar-refractivity contribution >= 4 is 21.4 Å². The van der Waals surface area contributed by atoms with Gasteiger partial charge in [0.2, 0.25) is 0 Å². The zero-order chi connectivity index (χ0) is 18.1. The minimum Gasteiger partial charge on any atom is -0.363 e. The molecule has 0 saturated heterocycles. The molecule has 26 heavy (non-hydrogen) atoms. The highest BCUT2D eigenvalue weighted by atomic mass is 32.2. The number of para-hydroxylation sites is 1. The Morgan fingerprint density at radius 1 is 0.846 bits per heavy atom. The largest absolute Gasteiger partial charge is 0.363 e. The average molecular weight is 368 g/mol. The first-order valence-electron chi connectivity index (χ1n) is 8.21. The maximum absolute atomic E-state index is 13.0. The Hall–Kier alpha value is -2.86. The number of hydrogen-bond donors (Lipinski definition) is 1. The molecule has 0 bridgehead atoms. The zero-order valence-electron chi connectivity index (χ0n) is 13.9. The lowest BCUT2D eigenvalue weighted by Crippen LogP contribution is -2.14. The SMILES string of the molecule is O=S(=O)(Nc1ccc(F)cc1)c1ccc2c(c1)CN(c1ccccc1)C2. The van der Waals surface area contributed by atoms with Crippen molar-refractivity contribution in [3.63, 3.8) is 0 Å². The van der Waals surface area contributed by atoms with Gasteiger partial charge >= 0.3 is 0 Å². The van der Waals surface area contributed by atoms with Crippen LogP contribution in [0, 0.1) is 5.82 Å². The second kappa shape index (κ2) is 6.46. The number of hydrogen-bond acceptors (Lipinski definition) is 3. The quantitative estimate of drug-likeness (QED) is 0.753. The molecule has 0 unspecified atom stereocenters.